The largest absolute Gasteiger partial charge is 0.497 e. The minimum absolute atomic E-state index is 0.0867. The molecule has 0 spiro atoms. The Bertz CT molecular complexity index is 1300. The topological polar surface area (TPSA) is 89.8 Å². The second kappa shape index (κ2) is 12.6. The van der Waals surface area contributed by atoms with Gasteiger partial charge in [0.05, 0.1) is 25.8 Å². The van der Waals surface area contributed by atoms with Crippen molar-refractivity contribution in [2.75, 3.05) is 21.3 Å². The van der Waals surface area contributed by atoms with E-state index < -0.39 is 5.91 Å². The summed E-state index contributed by atoms with van der Waals surface area (Å²) >= 11 is 3.46. The number of nitriles is 1. The van der Waals surface area contributed by atoms with Gasteiger partial charge in [-0.1, -0.05) is 12.1 Å². The number of ether oxygens (including phenoxy) is 4. The quantitative estimate of drug-likeness (QED) is 0.266. The zero-order valence-electron chi connectivity index (χ0n) is 19.9. The van der Waals surface area contributed by atoms with Gasteiger partial charge in [0, 0.05) is 18.2 Å². The Morgan fingerprint density at radius 1 is 1.03 bits per heavy atom. The zero-order valence-corrected chi connectivity index (χ0v) is 21.5. The van der Waals surface area contributed by atoms with Gasteiger partial charge in [-0.2, -0.15) is 5.26 Å². The van der Waals surface area contributed by atoms with Crippen molar-refractivity contribution in [1.82, 2.24) is 5.32 Å². The monoisotopic (exact) mass is 554 g/mol. The fourth-order valence-corrected chi connectivity index (χ4v) is 3.86. The third kappa shape index (κ3) is 6.77. The number of halogens is 2. The van der Waals surface area contributed by atoms with Crippen molar-refractivity contribution >= 4 is 27.9 Å². The summed E-state index contributed by atoms with van der Waals surface area (Å²) in [5.74, 6) is 1.16. The van der Waals surface area contributed by atoms with Crippen LogP contribution in [0, 0.1) is 17.1 Å². The standard InChI is InChI=1S/C27H24BrFN2O5/c1-33-22-9-6-19(24(13-22)34-2)15-31-27(32)20(14-30)10-18-11-23(28)26(25(12-18)35-3)36-16-17-4-7-21(29)8-5-17/h4-13H,15-16H2,1-3H3,(H,31,32)/b20-10+. The van der Waals surface area contributed by atoms with E-state index in [1.807, 2.05) is 6.07 Å². The van der Waals surface area contributed by atoms with Crippen molar-refractivity contribution in [3.63, 3.8) is 0 Å². The van der Waals surface area contributed by atoms with Gasteiger partial charge in [0.1, 0.15) is 35.6 Å². The molecular formula is C27H24BrFN2O5. The van der Waals surface area contributed by atoms with Crippen LogP contribution in [0.1, 0.15) is 16.7 Å². The number of hydrogen-bond acceptors (Lipinski definition) is 6. The van der Waals surface area contributed by atoms with Crippen molar-refractivity contribution in [1.29, 1.82) is 5.26 Å². The van der Waals surface area contributed by atoms with Crippen LogP contribution in [0.4, 0.5) is 4.39 Å². The smallest absolute Gasteiger partial charge is 0.262 e. The van der Waals surface area contributed by atoms with Crippen LogP contribution in [0.3, 0.4) is 0 Å². The van der Waals surface area contributed by atoms with Crippen LogP contribution in [0.15, 0.2) is 64.6 Å². The van der Waals surface area contributed by atoms with Gasteiger partial charge in [-0.15, -0.1) is 0 Å². The van der Waals surface area contributed by atoms with E-state index in [-0.39, 0.29) is 24.5 Å². The maximum absolute atomic E-state index is 13.1. The molecule has 1 N–H and O–H groups in total. The van der Waals surface area contributed by atoms with Crippen LogP contribution >= 0.6 is 15.9 Å². The lowest BCUT2D eigenvalue weighted by molar-refractivity contribution is -0.117. The molecule has 0 aliphatic heterocycles. The Kier molecular flexibility index (Phi) is 9.31. The van der Waals surface area contributed by atoms with Crippen LogP contribution < -0.4 is 24.3 Å². The minimum Gasteiger partial charge on any atom is -0.497 e. The van der Waals surface area contributed by atoms with Crippen molar-refractivity contribution in [3.8, 4) is 29.1 Å². The fourth-order valence-electron chi connectivity index (χ4n) is 3.28. The molecule has 3 aromatic rings. The molecule has 0 saturated heterocycles. The second-order valence-corrected chi connectivity index (χ2v) is 8.33. The second-order valence-electron chi connectivity index (χ2n) is 7.48. The summed E-state index contributed by atoms with van der Waals surface area (Å²) < 4.78 is 35.5. The maximum Gasteiger partial charge on any atom is 0.262 e. The first kappa shape index (κ1) is 26.6. The molecule has 0 atom stereocenters. The van der Waals surface area contributed by atoms with E-state index >= 15 is 0 Å². The highest BCUT2D eigenvalue weighted by molar-refractivity contribution is 9.10. The van der Waals surface area contributed by atoms with Crippen LogP contribution in [-0.2, 0) is 17.9 Å². The Morgan fingerprint density at radius 3 is 2.39 bits per heavy atom. The number of benzene rings is 3. The summed E-state index contributed by atoms with van der Waals surface area (Å²) in [5, 5.41) is 12.3. The average Bonchev–Trinajstić information content (AvgIpc) is 2.90. The van der Waals surface area contributed by atoms with E-state index in [2.05, 4.69) is 21.2 Å². The number of carbonyl (C=O) groups excluding carboxylic acids is 1. The minimum atomic E-state index is -0.540. The van der Waals surface area contributed by atoms with Crippen LogP contribution in [0.5, 0.6) is 23.0 Å². The van der Waals surface area contributed by atoms with E-state index in [0.29, 0.717) is 33.0 Å². The van der Waals surface area contributed by atoms with Gasteiger partial charge in [-0.25, -0.2) is 4.39 Å². The Balaban J connectivity index is 1.75. The van der Waals surface area contributed by atoms with Crippen molar-refractivity contribution < 1.29 is 28.1 Å². The van der Waals surface area contributed by atoms with E-state index in [1.165, 1.54) is 32.4 Å². The van der Waals surface area contributed by atoms with E-state index in [0.717, 1.165) is 11.1 Å². The van der Waals surface area contributed by atoms with Crippen molar-refractivity contribution in [2.45, 2.75) is 13.2 Å². The first-order valence-electron chi connectivity index (χ1n) is 10.7. The Morgan fingerprint density at radius 2 is 1.75 bits per heavy atom. The summed E-state index contributed by atoms with van der Waals surface area (Å²) in [6.07, 6.45) is 1.46. The third-order valence-corrected chi connectivity index (χ3v) is 5.75. The lowest BCUT2D eigenvalue weighted by Crippen LogP contribution is -2.24. The molecule has 3 rings (SSSR count). The molecule has 0 bridgehead atoms. The van der Waals surface area contributed by atoms with Crippen LogP contribution in [-0.4, -0.2) is 27.2 Å². The summed E-state index contributed by atoms with van der Waals surface area (Å²) in [6.45, 7) is 0.360. The lowest BCUT2D eigenvalue weighted by Gasteiger charge is -2.14. The van der Waals surface area contributed by atoms with Crippen LogP contribution in [0.2, 0.25) is 0 Å². The number of nitrogens with zero attached hydrogens (tertiary/aromatic N) is 1. The molecule has 7 nitrogen and oxygen atoms in total. The molecule has 0 aliphatic carbocycles. The van der Waals surface area contributed by atoms with Gasteiger partial charge in [0.15, 0.2) is 11.5 Å². The van der Waals surface area contributed by atoms with Crippen molar-refractivity contribution in [2.24, 2.45) is 0 Å². The summed E-state index contributed by atoms with van der Waals surface area (Å²) in [6, 6.07) is 16.5. The SMILES string of the molecule is COc1ccc(CNC(=O)/C(C#N)=C/c2cc(Br)c(OCc3ccc(F)cc3)c(OC)c2)c(OC)c1. The molecule has 0 fully saturated rings. The van der Waals surface area contributed by atoms with Crippen molar-refractivity contribution in [3.05, 3.63) is 87.2 Å². The zero-order chi connectivity index (χ0) is 26.1. The summed E-state index contributed by atoms with van der Waals surface area (Å²) in [5.41, 5.74) is 1.99. The van der Waals surface area contributed by atoms with Gasteiger partial charge >= 0.3 is 0 Å². The molecular weight excluding hydrogens is 531 g/mol. The number of methoxy groups -OCH3 is 3. The lowest BCUT2D eigenvalue weighted by atomic mass is 10.1. The molecule has 36 heavy (non-hydrogen) atoms. The predicted molar refractivity (Wildman–Crippen MR) is 136 cm³/mol. The highest BCUT2D eigenvalue weighted by atomic mass is 79.9. The van der Waals surface area contributed by atoms with Crippen LogP contribution in [0.25, 0.3) is 6.08 Å². The Labute approximate surface area is 217 Å². The van der Waals surface area contributed by atoms with Gasteiger partial charge in [-0.05, 0) is 69.5 Å². The molecule has 0 saturated carbocycles. The highest BCUT2D eigenvalue weighted by Gasteiger charge is 2.15. The molecule has 0 unspecified atom stereocenters. The third-order valence-electron chi connectivity index (χ3n) is 5.16. The number of nitrogens with one attached hydrogen (secondary N) is 1. The summed E-state index contributed by atoms with van der Waals surface area (Å²) in [7, 11) is 4.57. The maximum atomic E-state index is 13.1. The van der Waals surface area contributed by atoms with Gasteiger partial charge in [0.25, 0.3) is 5.91 Å². The number of carbonyl (C=O) groups is 1. The molecule has 0 aromatic heterocycles. The predicted octanol–water partition coefficient (Wildman–Crippen LogP) is 5.42. The van der Waals surface area contributed by atoms with Gasteiger partial charge in [0.2, 0.25) is 0 Å². The number of amides is 1. The molecule has 3 aromatic carbocycles. The summed E-state index contributed by atoms with van der Waals surface area (Å²) in [4.78, 5) is 12.7. The normalized spacial score (nSPS) is 10.8. The molecule has 0 aliphatic rings. The number of hydrogen-bond donors (Lipinski definition) is 1. The first-order valence-corrected chi connectivity index (χ1v) is 11.5. The number of rotatable bonds is 10. The molecule has 1 amide bonds. The fraction of sp³-hybridized carbons (Fsp3) is 0.185. The van der Waals surface area contributed by atoms with Gasteiger partial charge < -0.3 is 24.3 Å². The molecule has 0 heterocycles. The molecule has 9 heteroatoms. The van der Waals surface area contributed by atoms with E-state index in [4.69, 9.17) is 18.9 Å². The molecule has 186 valence electrons. The van der Waals surface area contributed by atoms with E-state index in [1.54, 1.807) is 49.6 Å². The van der Waals surface area contributed by atoms with E-state index in [9.17, 15) is 14.4 Å². The average molecular weight is 555 g/mol. The van der Waals surface area contributed by atoms with Gasteiger partial charge in [-0.3, -0.25) is 4.79 Å². The first-order chi connectivity index (χ1) is 17.4. The molecule has 0 radical (unpaired) electrons. The highest BCUT2D eigenvalue weighted by Crippen LogP contribution is 2.38. The Hall–Kier alpha value is -4.03.